The van der Waals surface area contributed by atoms with Gasteiger partial charge in [-0.2, -0.15) is 4.98 Å². The van der Waals surface area contributed by atoms with Gasteiger partial charge < -0.3 is 16.0 Å². The van der Waals surface area contributed by atoms with E-state index in [0.717, 1.165) is 50.5 Å². The van der Waals surface area contributed by atoms with Gasteiger partial charge in [0.25, 0.3) is 0 Å². The lowest BCUT2D eigenvalue weighted by molar-refractivity contribution is 0.185. The van der Waals surface area contributed by atoms with E-state index in [4.69, 9.17) is 10.7 Å². The van der Waals surface area contributed by atoms with Gasteiger partial charge in [-0.15, -0.1) is 0 Å². The topological polar surface area (TPSA) is 70.3 Å². The van der Waals surface area contributed by atoms with Crippen molar-refractivity contribution in [3.63, 3.8) is 0 Å². The van der Waals surface area contributed by atoms with Crippen molar-refractivity contribution in [1.29, 1.82) is 0 Å². The number of nitrogens with zero attached hydrogens (tertiary/aromatic N) is 4. The monoisotopic (exact) mass is 372 g/mol. The van der Waals surface area contributed by atoms with E-state index in [1.807, 2.05) is 6.20 Å². The predicted octanol–water partition coefficient (Wildman–Crippen LogP) is 2.86. The van der Waals surface area contributed by atoms with E-state index < -0.39 is 0 Å². The standard InChI is InChI=1S/C21H36N6/c22-14-17-15-27(18-8-4-3-5-9-18)16-19(17)24-21-23-11-10-20(25-21)26-12-6-1-2-7-13-26/h10-11,17-19H,1-9,12-16,22H2,(H,23,24,25)/t17-,19-/m0/s1. The summed E-state index contributed by atoms with van der Waals surface area (Å²) >= 11 is 0. The smallest absolute Gasteiger partial charge is 0.224 e. The molecular weight excluding hydrogens is 336 g/mol. The summed E-state index contributed by atoms with van der Waals surface area (Å²) in [4.78, 5) is 14.5. The van der Waals surface area contributed by atoms with Crippen molar-refractivity contribution in [2.75, 3.05) is 42.9 Å². The van der Waals surface area contributed by atoms with Crippen molar-refractivity contribution in [1.82, 2.24) is 14.9 Å². The van der Waals surface area contributed by atoms with Gasteiger partial charge >= 0.3 is 0 Å². The van der Waals surface area contributed by atoms with Gasteiger partial charge in [0.15, 0.2) is 0 Å². The van der Waals surface area contributed by atoms with Gasteiger partial charge in [0, 0.05) is 50.4 Å². The van der Waals surface area contributed by atoms with Crippen LogP contribution in [-0.2, 0) is 0 Å². The molecule has 0 radical (unpaired) electrons. The second kappa shape index (κ2) is 9.20. The van der Waals surface area contributed by atoms with Crippen LogP contribution in [0.3, 0.4) is 0 Å². The minimum atomic E-state index is 0.358. The molecule has 2 aliphatic heterocycles. The number of nitrogens with one attached hydrogen (secondary N) is 1. The molecule has 150 valence electrons. The first-order valence-electron chi connectivity index (χ1n) is 11.1. The van der Waals surface area contributed by atoms with Crippen molar-refractivity contribution >= 4 is 11.8 Å². The lowest BCUT2D eigenvalue weighted by Gasteiger charge is -2.31. The molecular formula is C21H36N6. The predicted molar refractivity (Wildman–Crippen MR) is 111 cm³/mol. The SMILES string of the molecule is NC[C@H]1CN(C2CCCCC2)C[C@@H]1Nc1nccc(N2CCCCCC2)n1. The zero-order chi connectivity index (χ0) is 18.5. The highest BCUT2D eigenvalue weighted by Crippen LogP contribution is 2.29. The van der Waals surface area contributed by atoms with Crippen molar-refractivity contribution < 1.29 is 0 Å². The fourth-order valence-electron chi connectivity index (χ4n) is 5.11. The van der Waals surface area contributed by atoms with Crippen LogP contribution in [0.2, 0.25) is 0 Å². The summed E-state index contributed by atoms with van der Waals surface area (Å²) in [5, 5.41) is 3.64. The van der Waals surface area contributed by atoms with Crippen LogP contribution in [-0.4, -0.2) is 59.7 Å². The zero-order valence-corrected chi connectivity index (χ0v) is 16.7. The van der Waals surface area contributed by atoms with Crippen molar-refractivity contribution in [3.05, 3.63) is 12.3 Å². The first kappa shape index (κ1) is 18.9. The molecule has 3 heterocycles. The fraction of sp³-hybridized carbons (Fsp3) is 0.810. The minimum Gasteiger partial charge on any atom is -0.356 e. The highest BCUT2D eigenvalue weighted by atomic mass is 15.3. The molecule has 3 N–H and O–H groups in total. The Labute approximate surface area is 163 Å². The van der Waals surface area contributed by atoms with E-state index in [-0.39, 0.29) is 0 Å². The van der Waals surface area contributed by atoms with Gasteiger partial charge in [0.2, 0.25) is 5.95 Å². The van der Waals surface area contributed by atoms with E-state index in [1.165, 1.54) is 57.8 Å². The maximum atomic E-state index is 6.12. The van der Waals surface area contributed by atoms with Gasteiger partial charge in [-0.25, -0.2) is 4.98 Å². The molecule has 3 fully saturated rings. The minimum absolute atomic E-state index is 0.358. The number of anilines is 2. The molecule has 0 bridgehead atoms. The molecule has 6 heteroatoms. The van der Waals surface area contributed by atoms with Crippen molar-refractivity contribution in [2.24, 2.45) is 11.7 Å². The average Bonchev–Trinajstić information content (AvgIpc) is 2.93. The molecule has 2 saturated heterocycles. The zero-order valence-electron chi connectivity index (χ0n) is 16.7. The molecule has 2 atom stereocenters. The first-order chi connectivity index (χ1) is 13.3. The molecule has 4 rings (SSSR count). The van der Waals surface area contributed by atoms with Crippen LogP contribution < -0.4 is 16.0 Å². The van der Waals surface area contributed by atoms with Gasteiger partial charge in [-0.3, -0.25) is 4.90 Å². The molecule has 27 heavy (non-hydrogen) atoms. The van der Waals surface area contributed by atoms with E-state index in [1.54, 1.807) is 0 Å². The van der Waals surface area contributed by atoms with Crippen molar-refractivity contribution in [2.45, 2.75) is 69.9 Å². The summed E-state index contributed by atoms with van der Waals surface area (Å²) in [5.41, 5.74) is 6.12. The summed E-state index contributed by atoms with van der Waals surface area (Å²) in [6, 6.07) is 3.17. The van der Waals surface area contributed by atoms with Gasteiger partial charge in [-0.1, -0.05) is 32.1 Å². The molecule has 0 amide bonds. The van der Waals surface area contributed by atoms with Crippen LogP contribution in [0.25, 0.3) is 0 Å². The number of aromatic nitrogens is 2. The van der Waals surface area contributed by atoms with E-state index in [9.17, 15) is 0 Å². The molecule has 6 nitrogen and oxygen atoms in total. The van der Waals surface area contributed by atoms with E-state index in [0.29, 0.717) is 12.0 Å². The number of rotatable bonds is 5. The van der Waals surface area contributed by atoms with Crippen LogP contribution in [0.15, 0.2) is 12.3 Å². The van der Waals surface area contributed by atoms with Crippen LogP contribution in [0.5, 0.6) is 0 Å². The molecule has 1 aromatic rings. The lowest BCUT2D eigenvalue weighted by atomic mass is 9.94. The van der Waals surface area contributed by atoms with Crippen LogP contribution >= 0.6 is 0 Å². The Kier molecular flexibility index (Phi) is 6.45. The Morgan fingerprint density at radius 1 is 1.00 bits per heavy atom. The highest BCUT2D eigenvalue weighted by Gasteiger charge is 2.36. The third kappa shape index (κ3) is 4.72. The molecule has 0 unspecified atom stereocenters. The second-order valence-electron chi connectivity index (χ2n) is 8.63. The molecule has 0 aromatic carbocycles. The normalized spacial score (nSPS) is 28.3. The average molecular weight is 373 g/mol. The Morgan fingerprint density at radius 3 is 2.48 bits per heavy atom. The summed E-state index contributed by atoms with van der Waals surface area (Å²) in [6.07, 6.45) is 14.0. The third-order valence-corrected chi connectivity index (χ3v) is 6.75. The van der Waals surface area contributed by atoms with E-state index >= 15 is 0 Å². The Morgan fingerprint density at radius 2 is 1.74 bits per heavy atom. The second-order valence-corrected chi connectivity index (χ2v) is 8.63. The fourth-order valence-corrected chi connectivity index (χ4v) is 5.11. The largest absolute Gasteiger partial charge is 0.356 e. The Balaban J connectivity index is 1.40. The number of hydrogen-bond donors (Lipinski definition) is 2. The summed E-state index contributed by atoms with van der Waals surface area (Å²) < 4.78 is 0. The Hall–Kier alpha value is -1.40. The van der Waals surface area contributed by atoms with Crippen LogP contribution in [0, 0.1) is 5.92 Å². The van der Waals surface area contributed by atoms with Gasteiger partial charge in [-0.05, 0) is 38.3 Å². The summed E-state index contributed by atoms with van der Waals surface area (Å²) in [6.45, 7) is 5.14. The van der Waals surface area contributed by atoms with Gasteiger partial charge in [0.05, 0.1) is 0 Å². The first-order valence-corrected chi connectivity index (χ1v) is 11.1. The number of nitrogens with two attached hydrogens (primary N) is 1. The van der Waals surface area contributed by atoms with Crippen LogP contribution in [0.1, 0.15) is 57.8 Å². The molecule has 3 aliphatic rings. The molecule has 0 spiro atoms. The number of likely N-dealkylation sites (tertiary alicyclic amines) is 1. The Bertz CT molecular complexity index is 580. The van der Waals surface area contributed by atoms with Gasteiger partial charge in [0.1, 0.15) is 5.82 Å². The summed E-state index contributed by atoms with van der Waals surface area (Å²) in [7, 11) is 0. The van der Waals surface area contributed by atoms with Crippen molar-refractivity contribution in [3.8, 4) is 0 Å². The molecule has 1 saturated carbocycles. The maximum Gasteiger partial charge on any atom is 0.224 e. The lowest BCUT2D eigenvalue weighted by Crippen LogP contribution is -2.36. The maximum absolute atomic E-state index is 6.12. The highest BCUT2D eigenvalue weighted by molar-refractivity contribution is 5.43. The van der Waals surface area contributed by atoms with Crippen LogP contribution in [0.4, 0.5) is 11.8 Å². The number of hydrogen-bond acceptors (Lipinski definition) is 6. The van der Waals surface area contributed by atoms with E-state index in [2.05, 4.69) is 26.2 Å². The third-order valence-electron chi connectivity index (χ3n) is 6.75. The molecule has 1 aliphatic carbocycles. The summed E-state index contributed by atoms with van der Waals surface area (Å²) in [5.74, 6) is 2.32. The molecule has 1 aromatic heterocycles. The quantitative estimate of drug-likeness (QED) is 0.828.